The number of hydrogen-bond donors (Lipinski definition) is 0. The van der Waals surface area contributed by atoms with Crippen LogP contribution in [0.5, 0.6) is 5.75 Å². The van der Waals surface area contributed by atoms with Gasteiger partial charge in [-0.05, 0) is 45.9 Å². The number of halogens is 6. The number of benzene rings is 4. The second-order valence-corrected chi connectivity index (χ2v) is 17.3. The number of rotatable bonds is 9. The Morgan fingerprint density at radius 2 is 1.16 bits per heavy atom. The number of para-hydroxylation sites is 3. The fourth-order valence-electron chi connectivity index (χ4n) is 7.32. The Bertz CT molecular complexity index is 2060. The van der Waals surface area contributed by atoms with Crippen molar-refractivity contribution in [2.75, 3.05) is 27.8 Å². The summed E-state index contributed by atoms with van der Waals surface area (Å²) in [4.78, 5) is 30.9. The van der Waals surface area contributed by atoms with Crippen LogP contribution in [0.15, 0.2) is 54.6 Å². The Balaban J connectivity index is 0.000000221. The number of carbonyl (C=O) groups is 2. The number of amides is 2. The molecule has 0 saturated carbocycles. The van der Waals surface area contributed by atoms with Crippen LogP contribution in [-0.4, -0.2) is 35.6 Å². The SMILES string of the molecule is CC(C)c1cccc(C(C)C)c1N1[CH-]N(c2c(C(C)C)cccc2C(C)C)CC1.CCC1Oc2c([CH]=[Ru][Cl])cccc2N(C(=O)c2c(F)c(F)c(F)c(F)c2F)C1=O. The van der Waals surface area contributed by atoms with Gasteiger partial charge < -0.3 is 9.80 Å². The monoisotopic (exact) mass is 911 g/mol. The van der Waals surface area contributed by atoms with Crippen LogP contribution < -0.4 is 19.4 Å². The molecule has 313 valence electrons. The average Bonchev–Trinajstić information content (AvgIpc) is 3.68. The molecule has 1 saturated heterocycles. The van der Waals surface area contributed by atoms with Gasteiger partial charge >= 0.3 is 172 Å². The van der Waals surface area contributed by atoms with E-state index in [1.54, 1.807) is 17.6 Å². The van der Waals surface area contributed by atoms with Gasteiger partial charge in [0.05, 0.1) is 0 Å². The van der Waals surface area contributed by atoms with Crippen LogP contribution in [-0.2, 0) is 20.5 Å². The third-order valence-corrected chi connectivity index (χ3v) is 11.5. The second-order valence-electron chi connectivity index (χ2n) is 15.5. The van der Waals surface area contributed by atoms with Gasteiger partial charge in [-0.25, -0.2) is 0 Å². The molecule has 0 aliphatic carbocycles. The zero-order valence-electron chi connectivity index (χ0n) is 34.0. The summed E-state index contributed by atoms with van der Waals surface area (Å²) >= 11 is -0.726. The molecule has 2 amide bonds. The number of carbonyl (C=O) groups excluding carboxylic acids is 2. The molecule has 0 radical (unpaired) electrons. The molecule has 0 aromatic heterocycles. The van der Waals surface area contributed by atoms with Crippen LogP contribution in [0.25, 0.3) is 0 Å². The summed E-state index contributed by atoms with van der Waals surface area (Å²) in [6.45, 7) is 24.5. The van der Waals surface area contributed by atoms with Crippen LogP contribution in [0.2, 0.25) is 0 Å². The van der Waals surface area contributed by atoms with E-state index in [9.17, 15) is 31.5 Å². The third kappa shape index (κ3) is 8.74. The quantitative estimate of drug-likeness (QED) is 0.0418. The maximum absolute atomic E-state index is 14.2. The van der Waals surface area contributed by atoms with Gasteiger partial charge in [-0.15, -0.1) is 0 Å². The van der Waals surface area contributed by atoms with Gasteiger partial charge in [0, 0.05) is 24.5 Å². The number of nitrogens with zero attached hydrogens (tertiary/aromatic N) is 3. The van der Waals surface area contributed by atoms with Gasteiger partial charge in [0.2, 0.25) is 0 Å². The maximum atomic E-state index is 14.2. The molecule has 0 spiro atoms. The molecule has 1 unspecified atom stereocenters. The summed E-state index contributed by atoms with van der Waals surface area (Å²) in [6.07, 6.45) is -1.12. The molecular weight excluding hydrogens is 862 g/mol. The van der Waals surface area contributed by atoms with Crippen molar-refractivity contribution in [2.24, 2.45) is 0 Å². The first kappa shape index (κ1) is 44.9. The summed E-state index contributed by atoms with van der Waals surface area (Å²) in [7, 11) is 5.78. The van der Waals surface area contributed by atoms with Crippen molar-refractivity contribution < 1.29 is 52.0 Å². The van der Waals surface area contributed by atoms with Crippen LogP contribution in [0.3, 0.4) is 0 Å². The molecule has 58 heavy (non-hydrogen) atoms. The Morgan fingerprint density at radius 3 is 1.55 bits per heavy atom. The average molecular weight is 911 g/mol. The number of ether oxygens (including phenoxy) is 1. The van der Waals surface area contributed by atoms with Gasteiger partial charge in [-0.3, -0.25) is 0 Å². The summed E-state index contributed by atoms with van der Waals surface area (Å²) in [5.41, 5.74) is 7.18. The molecule has 4 aromatic carbocycles. The van der Waals surface area contributed by atoms with Crippen molar-refractivity contribution in [3.05, 3.63) is 124 Å². The number of imide groups is 1. The molecule has 2 aliphatic rings. The molecule has 2 aliphatic heterocycles. The Kier molecular flexibility index (Phi) is 14.6. The molecule has 0 bridgehead atoms. The molecule has 4 aromatic rings. The van der Waals surface area contributed by atoms with E-state index in [1.807, 2.05) is 0 Å². The summed E-state index contributed by atoms with van der Waals surface area (Å²) in [5.74, 6) is -12.2. The van der Waals surface area contributed by atoms with Gasteiger partial charge in [-0.1, -0.05) is 91.8 Å². The normalized spacial score (nSPS) is 15.7. The third-order valence-electron chi connectivity index (χ3n) is 10.3. The standard InChI is InChI=1S/C27H39N2.C18H10F5NO3.ClH.Ru/c1-18(2)22-11-9-12-23(19(3)4)26(22)28-15-16-29(17-28)27-24(20(5)6)13-10-14-25(27)21(7)8;1-3-9-17(25)24(8-6-4-5-7(2)16(8)27-9)18(26)10-11(19)13(21)15(23)14(22)12(10)20;;/h9-14,17-21H,15-16H2,1-8H3;2,4-6,9H,3H2,1H3;1H;/q-1;;;+1/p-1. The van der Waals surface area contributed by atoms with Crippen LogP contribution in [0, 0.1) is 35.8 Å². The summed E-state index contributed by atoms with van der Waals surface area (Å²) < 4.78 is 76.0. The van der Waals surface area contributed by atoms with Gasteiger partial charge in [0.15, 0.2) is 0 Å². The van der Waals surface area contributed by atoms with Crippen molar-refractivity contribution in [2.45, 2.75) is 98.5 Å². The molecule has 6 nitrogen and oxygen atoms in total. The topological polar surface area (TPSA) is 53.1 Å². The van der Waals surface area contributed by atoms with Gasteiger partial charge in [0.1, 0.15) is 0 Å². The summed E-state index contributed by atoms with van der Waals surface area (Å²) in [6, 6.07) is 18.0. The minimum atomic E-state index is -2.40. The molecule has 1 atom stereocenters. The summed E-state index contributed by atoms with van der Waals surface area (Å²) in [5, 5.41) is 0. The van der Waals surface area contributed by atoms with E-state index in [-0.39, 0.29) is 17.9 Å². The van der Waals surface area contributed by atoms with Crippen LogP contribution in [0.4, 0.5) is 39.0 Å². The minimum absolute atomic E-state index is 0.0473. The van der Waals surface area contributed by atoms with E-state index in [0.717, 1.165) is 13.1 Å². The zero-order chi connectivity index (χ0) is 42.7. The second kappa shape index (κ2) is 18.8. The van der Waals surface area contributed by atoms with Gasteiger partial charge in [0.25, 0.3) is 0 Å². The zero-order valence-corrected chi connectivity index (χ0v) is 36.5. The number of anilines is 3. The van der Waals surface area contributed by atoms with E-state index in [4.69, 9.17) is 14.4 Å². The molecule has 1 fully saturated rings. The van der Waals surface area contributed by atoms with E-state index < -0.39 is 68.3 Å². The molecule has 0 N–H and O–H groups in total. The van der Waals surface area contributed by atoms with Crippen LogP contribution >= 0.6 is 9.69 Å². The first-order valence-electron chi connectivity index (χ1n) is 19.3. The van der Waals surface area contributed by atoms with Gasteiger partial charge in [-0.2, -0.15) is 6.67 Å². The molecular formula is C45H49ClF5N3O3Ru-. The Labute approximate surface area is 349 Å². The van der Waals surface area contributed by atoms with Crippen LogP contribution in [0.1, 0.15) is 131 Å². The molecule has 6 rings (SSSR count). The van der Waals surface area contributed by atoms with E-state index in [0.29, 0.717) is 34.1 Å². The van der Waals surface area contributed by atoms with Crippen molar-refractivity contribution in [3.8, 4) is 5.75 Å². The van der Waals surface area contributed by atoms with E-state index >= 15 is 0 Å². The van der Waals surface area contributed by atoms with Crippen molar-refractivity contribution in [1.29, 1.82) is 0 Å². The molecule has 13 heteroatoms. The first-order chi connectivity index (χ1) is 27.5. The first-order valence-corrected chi connectivity index (χ1v) is 22.6. The Hall–Kier alpha value is -4.15. The predicted octanol–water partition coefficient (Wildman–Crippen LogP) is 11.7. The predicted molar refractivity (Wildman–Crippen MR) is 218 cm³/mol. The number of fused-ring (bicyclic) bond motifs is 1. The van der Waals surface area contributed by atoms with Crippen molar-refractivity contribution in [3.63, 3.8) is 0 Å². The fourth-order valence-corrected chi connectivity index (χ4v) is 8.41. The Morgan fingerprint density at radius 1 is 0.741 bits per heavy atom. The number of hydrogen-bond acceptors (Lipinski definition) is 5. The van der Waals surface area contributed by atoms with Crippen molar-refractivity contribution in [1.82, 2.24) is 0 Å². The van der Waals surface area contributed by atoms with E-state index in [1.165, 1.54) is 45.8 Å². The van der Waals surface area contributed by atoms with Crippen molar-refractivity contribution >= 4 is 43.2 Å². The van der Waals surface area contributed by atoms with E-state index in [2.05, 4.69) is 108 Å². The molecule has 2 heterocycles. The fraction of sp³-hybridized carbons (Fsp3) is 0.378.